The fourth-order valence-electron chi connectivity index (χ4n) is 3.93. The third kappa shape index (κ3) is 4.85. The number of fused-ring (bicyclic) bond motifs is 1. The Labute approximate surface area is 224 Å². The van der Waals surface area contributed by atoms with Crippen molar-refractivity contribution in [3.05, 3.63) is 88.0 Å². The predicted molar refractivity (Wildman–Crippen MR) is 142 cm³/mol. The van der Waals surface area contributed by atoms with Crippen molar-refractivity contribution >= 4 is 50.9 Å². The van der Waals surface area contributed by atoms with Crippen LogP contribution < -0.4 is 24.4 Å². The van der Waals surface area contributed by atoms with Gasteiger partial charge in [-0.1, -0.05) is 44.8 Å². The minimum Gasteiger partial charge on any atom is -0.496 e. The minimum atomic E-state index is -0.857. The maximum atomic E-state index is 13.8. The molecule has 0 amide bonds. The molecule has 0 unspecified atom stereocenters. The SMILES string of the molecule is C#CCOc1ccc(Br)cc1/C=c1\sc2n(c1=O)[C@@H](c1cc(Cl)ccc1OC)C(C(=O)OC)=C(C)N=2. The molecule has 0 saturated heterocycles. The van der Waals surface area contributed by atoms with Crippen molar-refractivity contribution in [2.45, 2.75) is 13.0 Å². The molecule has 4 rings (SSSR count). The summed E-state index contributed by atoms with van der Waals surface area (Å²) in [4.78, 5) is 31.7. The van der Waals surface area contributed by atoms with Crippen molar-refractivity contribution < 1.29 is 19.0 Å². The first-order valence-electron chi connectivity index (χ1n) is 10.6. The fourth-order valence-corrected chi connectivity index (χ4v) is 5.53. The van der Waals surface area contributed by atoms with Crippen molar-refractivity contribution in [3.8, 4) is 23.8 Å². The molecule has 0 spiro atoms. The summed E-state index contributed by atoms with van der Waals surface area (Å²) in [6.45, 7) is 1.79. The topological polar surface area (TPSA) is 79.1 Å². The van der Waals surface area contributed by atoms with Crippen LogP contribution >= 0.6 is 38.9 Å². The quantitative estimate of drug-likeness (QED) is 0.324. The van der Waals surface area contributed by atoms with E-state index in [4.69, 9.17) is 32.2 Å². The Kier molecular flexibility index (Phi) is 7.69. The van der Waals surface area contributed by atoms with Crippen LogP contribution in [0.1, 0.15) is 24.1 Å². The zero-order valence-corrected chi connectivity index (χ0v) is 22.7. The average molecular weight is 588 g/mol. The van der Waals surface area contributed by atoms with Crippen LogP contribution in [0, 0.1) is 12.3 Å². The number of benzene rings is 2. The summed E-state index contributed by atoms with van der Waals surface area (Å²) >= 11 is 11.0. The van der Waals surface area contributed by atoms with E-state index in [1.807, 2.05) is 12.1 Å². The number of halogens is 2. The number of methoxy groups -OCH3 is 2. The van der Waals surface area contributed by atoms with Gasteiger partial charge in [-0.2, -0.15) is 0 Å². The monoisotopic (exact) mass is 586 g/mol. The lowest BCUT2D eigenvalue weighted by Crippen LogP contribution is -2.40. The van der Waals surface area contributed by atoms with Crippen molar-refractivity contribution in [2.75, 3.05) is 20.8 Å². The van der Waals surface area contributed by atoms with Gasteiger partial charge in [0.15, 0.2) is 4.80 Å². The molecule has 0 saturated carbocycles. The summed E-state index contributed by atoms with van der Waals surface area (Å²) in [7, 11) is 2.79. The highest BCUT2D eigenvalue weighted by Gasteiger charge is 2.35. The molecule has 1 atom stereocenters. The van der Waals surface area contributed by atoms with Crippen LogP contribution in [0.3, 0.4) is 0 Å². The second-order valence-electron chi connectivity index (χ2n) is 7.63. The van der Waals surface area contributed by atoms with Gasteiger partial charge < -0.3 is 14.2 Å². The second kappa shape index (κ2) is 10.7. The Balaban J connectivity index is 2.01. The van der Waals surface area contributed by atoms with Gasteiger partial charge in [0.1, 0.15) is 24.1 Å². The van der Waals surface area contributed by atoms with E-state index in [2.05, 4.69) is 26.8 Å². The highest BCUT2D eigenvalue weighted by Crippen LogP contribution is 2.37. The number of terminal acetylenes is 1. The van der Waals surface area contributed by atoms with Crippen LogP contribution in [0.25, 0.3) is 6.08 Å². The number of rotatable bonds is 6. The van der Waals surface area contributed by atoms with Gasteiger partial charge in [-0.05, 0) is 49.4 Å². The number of aromatic nitrogens is 1. The van der Waals surface area contributed by atoms with Crippen molar-refractivity contribution in [1.82, 2.24) is 4.57 Å². The van der Waals surface area contributed by atoms with Crippen LogP contribution in [-0.2, 0) is 9.53 Å². The minimum absolute atomic E-state index is 0.0833. The number of carbonyl (C=O) groups is 1. The molecule has 0 N–H and O–H groups in total. The maximum Gasteiger partial charge on any atom is 0.338 e. The molecule has 1 aliphatic rings. The molecule has 3 aromatic rings. The molecule has 36 heavy (non-hydrogen) atoms. The number of carbonyl (C=O) groups excluding carboxylic acids is 1. The fraction of sp³-hybridized carbons (Fsp3) is 0.192. The summed E-state index contributed by atoms with van der Waals surface area (Å²) in [5.74, 6) is 2.83. The third-order valence-corrected chi connectivity index (χ3v) is 7.19. The van der Waals surface area contributed by atoms with Gasteiger partial charge in [-0.3, -0.25) is 9.36 Å². The highest BCUT2D eigenvalue weighted by molar-refractivity contribution is 9.10. The van der Waals surface area contributed by atoms with E-state index in [1.54, 1.807) is 37.3 Å². The summed E-state index contributed by atoms with van der Waals surface area (Å²) in [5, 5.41) is 0.427. The van der Waals surface area contributed by atoms with E-state index in [1.165, 1.54) is 30.1 Å². The zero-order valence-electron chi connectivity index (χ0n) is 19.5. The van der Waals surface area contributed by atoms with Crippen molar-refractivity contribution in [1.29, 1.82) is 0 Å². The number of hydrogen-bond donors (Lipinski definition) is 0. The van der Waals surface area contributed by atoms with E-state index < -0.39 is 12.0 Å². The lowest BCUT2D eigenvalue weighted by Gasteiger charge is -2.25. The van der Waals surface area contributed by atoms with Crippen LogP contribution in [-0.4, -0.2) is 31.4 Å². The van der Waals surface area contributed by atoms with Gasteiger partial charge >= 0.3 is 5.97 Å². The molecule has 0 aliphatic carbocycles. The lowest BCUT2D eigenvalue weighted by molar-refractivity contribution is -0.136. The first-order chi connectivity index (χ1) is 17.3. The van der Waals surface area contributed by atoms with E-state index in [0.717, 1.165) is 4.47 Å². The maximum absolute atomic E-state index is 13.8. The van der Waals surface area contributed by atoms with Gasteiger partial charge in [-0.25, -0.2) is 9.79 Å². The van der Waals surface area contributed by atoms with Gasteiger partial charge in [0, 0.05) is 20.6 Å². The molecular weight excluding hydrogens is 568 g/mol. The van der Waals surface area contributed by atoms with E-state index >= 15 is 0 Å². The molecule has 184 valence electrons. The number of esters is 1. The molecular formula is C26H20BrClN2O5S. The van der Waals surface area contributed by atoms with Crippen LogP contribution in [0.15, 0.2) is 61.9 Å². The van der Waals surface area contributed by atoms with E-state index in [-0.39, 0.29) is 17.7 Å². The van der Waals surface area contributed by atoms with Crippen LogP contribution in [0.2, 0.25) is 5.02 Å². The number of nitrogens with zero attached hydrogens (tertiary/aromatic N) is 2. The van der Waals surface area contributed by atoms with Gasteiger partial charge in [0.2, 0.25) is 0 Å². The summed E-state index contributed by atoms with van der Waals surface area (Å²) in [6.07, 6.45) is 7.06. The van der Waals surface area contributed by atoms with E-state index in [0.29, 0.717) is 42.7 Å². The molecule has 1 aliphatic heterocycles. The standard InChI is InChI=1S/C26H20BrClN2O5S/c1-5-10-35-19-8-6-16(27)11-15(19)12-21-24(31)30-23(18-13-17(28)7-9-20(18)33-3)22(25(32)34-4)14(2)29-26(30)36-21/h1,6-9,11-13,23H,10H2,2-4H3/b21-12-/t23-/m0/s1. The Hall–Kier alpha value is -3.32. The van der Waals surface area contributed by atoms with Crippen molar-refractivity contribution in [3.63, 3.8) is 0 Å². The number of allylic oxidation sites excluding steroid dienone is 1. The molecule has 0 radical (unpaired) electrons. The normalized spacial score (nSPS) is 15.1. The molecule has 0 bridgehead atoms. The van der Waals surface area contributed by atoms with Gasteiger partial charge in [-0.15, -0.1) is 6.42 Å². The van der Waals surface area contributed by atoms with Crippen LogP contribution in [0.5, 0.6) is 11.5 Å². The average Bonchev–Trinajstić information content (AvgIpc) is 3.16. The van der Waals surface area contributed by atoms with Crippen molar-refractivity contribution in [2.24, 2.45) is 4.99 Å². The summed E-state index contributed by atoms with van der Waals surface area (Å²) < 4.78 is 18.9. The Morgan fingerprint density at radius 3 is 2.72 bits per heavy atom. The molecule has 0 fully saturated rings. The number of hydrogen-bond acceptors (Lipinski definition) is 7. The third-order valence-electron chi connectivity index (χ3n) is 5.48. The van der Waals surface area contributed by atoms with Crippen LogP contribution in [0.4, 0.5) is 0 Å². The number of thiazole rings is 1. The molecule has 7 nitrogen and oxygen atoms in total. The Morgan fingerprint density at radius 2 is 2.03 bits per heavy atom. The highest BCUT2D eigenvalue weighted by atomic mass is 79.9. The smallest absolute Gasteiger partial charge is 0.338 e. The molecule has 10 heteroatoms. The first-order valence-corrected chi connectivity index (χ1v) is 12.6. The molecule has 2 heterocycles. The molecule has 2 aromatic carbocycles. The predicted octanol–water partition coefficient (Wildman–Crippen LogP) is 3.84. The number of ether oxygens (including phenoxy) is 3. The van der Waals surface area contributed by atoms with E-state index in [9.17, 15) is 9.59 Å². The molecule has 1 aromatic heterocycles. The Morgan fingerprint density at radius 1 is 1.28 bits per heavy atom. The summed E-state index contributed by atoms with van der Waals surface area (Å²) in [5.41, 5.74) is 1.50. The Bertz CT molecular complexity index is 1620. The summed E-state index contributed by atoms with van der Waals surface area (Å²) in [6, 6.07) is 9.59. The second-order valence-corrected chi connectivity index (χ2v) is 10.00. The first kappa shape index (κ1) is 25.8. The van der Waals surface area contributed by atoms with Gasteiger partial charge in [0.25, 0.3) is 5.56 Å². The zero-order chi connectivity index (χ0) is 26.0. The largest absolute Gasteiger partial charge is 0.496 e. The lowest BCUT2D eigenvalue weighted by atomic mass is 9.95. The van der Waals surface area contributed by atoms with Gasteiger partial charge in [0.05, 0.1) is 30.0 Å².